The minimum atomic E-state index is -3.28. The summed E-state index contributed by atoms with van der Waals surface area (Å²) in [6.45, 7) is 3.15. The SMILES string of the molecule is CC(C(C)S(C)(=O)=O)N(C)C(=O)c1ccnc(C(=O)O)c1. The van der Waals surface area contributed by atoms with Crippen LogP contribution in [0.2, 0.25) is 0 Å². The average molecular weight is 314 g/mol. The lowest BCUT2D eigenvalue weighted by molar-refractivity contribution is 0.0690. The Morgan fingerprint density at radius 3 is 2.38 bits per heavy atom. The molecule has 2 unspecified atom stereocenters. The molecule has 1 rings (SSSR count). The van der Waals surface area contributed by atoms with Gasteiger partial charge < -0.3 is 10.0 Å². The zero-order valence-corrected chi connectivity index (χ0v) is 13.1. The number of carboxylic acids is 1. The molecule has 8 heteroatoms. The summed E-state index contributed by atoms with van der Waals surface area (Å²) >= 11 is 0. The van der Waals surface area contributed by atoms with Crippen molar-refractivity contribution >= 4 is 21.7 Å². The van der Waals surface area contributed by atoms with Gasteiger partial charge in [0.25, 0.3) is 5.91 Å². The van der Waals surface area contributed by atoms with Crippen molar-refractivity contribution in [1.29, 1.82) is 0 Å². The van der Waals surface area contributed by atoms with Gasteiger partial charge in [0, 0.05) is 31.1 Å². The van der Waals surface area contributed by atoms with E-state index in [4.69, 9.17) is 5.11 Å². The molecule has 116 valence electrons. The molecule has 0 fully saturated rings. The molecule has 2 atom stereocenters. The van der Waals surface area contributed by atoms with Crippen molar-refractivity contribution in [1.82, 2.24) is 9.88 Å². The first kappa shape index (κ1) is 17.1. The third kappa shape index (κ3) is 4.01. The maximum absolute atomic E-state index is 12.3. The predicted molar refractivity (Wildman–Crippen MR) is 77.1 cm³/mol. The summed E-state index contributed by atoms with van der Waals surface area (Å²) in [5.41, 5.74) is -0.0875. The van der Waals surface area contributed by atoms with Gasteiger partial charge in [0.1, 0.15) is 5.69 Å². The van der Waals surface area contributed by atoms with Crippen molar-refractivity contribution in [2.24, 2.45) is 0 Å². The van der Waals surface area contributed by atoms with Crippen LogP contribution in [0.5, 0.6) is 0 Å². The average Bonchev–Trinajstić information content (AvgIpc) is 2.43. The fraction of sp³-hybridized carbons (Fsp3) is 0.462. The second-order valence-corrected chi connectivity index (χ2v) is 7.33. The lowest BCUT2D eigenvalue weighted by Gasteiger charge is -2.29. The Bertz CT molecular complexity index is 656. The highest BCUT2D eigenvalue weighted by Gasteiger charge is 2.28. The molecular weight excluding hydrogens is 296 g/mol. The van der Waals surface area contributed by atoms with Crippen LogP contribution in [0.1, 0.15) is 34.7 Å². The van der Waals surface area contributed by atoms with Crippen LogP contribution in [-0.4, -0.2) is 59.9 Å². The van der Waals surface area contributed by atoms with Gasteiger partial charge in [-0.15, -0.1) is 0 Å². The van der Waals surface area contributed by atoms with Crippen LogP contribution in [0, 0.1) is 0 Å². The Morgan fingerprint density at radius 2 is 1.90 bits per heavy atom. The molecule has 1 heterocycles. The highest BCUT2D eigenvalue weighted by Crippen LogP contribution is 2.14. The third-order valence-corrected chi connectivity index (χ3v) is 5.26. The standard InChI is InChI=1S/C13H18N2O5S/c1-8(9(2)21(4,19)20)15(3)12(16)10-5-6-14-11(7-10)13(17)18/h5-9H,1-4H3,(H,17,18). The molecule has 1 aromatic heterocycles. The molecule has 0 saturated carbocycles. The molecule has 0 aliphatic carbocycles. The van der Waals surface area contributed by atoms with E-state index in [9.17, 15) is 18.0 Å². The number of nitrogens with zero attached hydrogens (tertiary/aromatic N) is 2. The number of amides is 1. The van der Waals surface area contributed by atoms with E-state index in [1.54, 1.807) is 6.92 Å². The lowest BCUT2D eigenvalue weighted by atomic mass is 10.1. The van der Waals surface area contributed by atoms with Crippen LogP contribution >= 0.6 is 0 Å². The Hall–Kier alpha value is -1.96. The zero-order valence-electron chi connectivity index (χ0n) is 12.3. The first-order chi connectivity index (χ1) is 9.55. The van der Waals surface area contributed by atoms with E-state index in [0.29, 0.717) is 0 Å². The number of sulfone groups is 1. The number of hydrogen-bond donors (Lipinski definition) is 1. The number of hydrogen-bond acceptors (Lipinski definition) is 5. The normalized spacial score (nSPS) is 14.3. The molecule has 0 aliphatic rings. The van der Waals surface area contributed by atoms with E-state index < -0.39 is 33.0 Å². The minimum absolute atomic E-state index is 0.150. The van der Waals surface area contributed by atoms with E-state index in [0.717, 1.165) is 6.26 Å². The number of carbonyl (C=O) groups excluding carboxylic acids is 1. The molecule has 21 heavy (non-hydrogen) atoms. The summed E-state index contributed by atoms with van der Waals surface area (Å²) in [5, 5.41) is 8.14. The van der Waals surface area contributed by atoms with E-state index in [1.807, 2.05) is 0 Å². The summed E-state index contributed by atoms with van der Waals surface area (Å²) in [7, 11) is -1.80. The molecule has 0 aromatic carbocycles. The molecule has 1 aromatic rings. The molecule has 1 amide bonds. The Balaban J connectivity index is 3.03. The number of aromatic nitrogens is 1. The van der Waals surface area contributed by atoms with Crippen molar-refractivity contribution in [3.8, 4) is 0 Å². The van der Waals surface area contributed by atoms with Gasteiger partial charge in [0.2, 0.25) is 0 Å². The van der Waals surface area contributed by atoms with Crippen LogP contribution in [0.25, 0.3) is 0 Å². The highest BCUT2D eigenvalue weighted by molar-refractivity contribution is 7.91. The van der Waals surface area contributed by atoms with Gasteiger partial charge in [0.05, 0.1) is 5.25 Å². The minimum Gasteiger partial charge on any atom is -0.477 e. The number of carboxylic acid groups (broad SMARTS) is 1. The van der Waals surface area contributed by atoms with Crippen molar-refractivity contribution in [2.45, 2.75) is 25.1 Å². The Morgan fingerprint density at radius 1 is 1.33 bits per heavy atom. The molecule has 0 radical (unpaired) electrons. The fourth-order valence-electron chi connectivity index (χ4n) is 1.74. The molecule has 0 spiro atoms. The Labute approximate surface area is 123 Å². The van der Waals surface area contributed by atoms with Crippen LogP contribution < -0.4 is 0 Å². The monoisotopic (exact) mass is 314 g/mol. The number of pyridine rings is 1. The molecule has 0 aliphatic heterocycles. The van der Waals surface area contributed by atoms with Gasteiger partial charge in [-0.3, -0.25) is 4.79 Å². The van der Waals surface area contributed by atoms with E-state index in [1.165, 1.54) is 37.2 Å². The van der Waals surface area contributed by atoms with Gasteiger partial charge in [-0.1, -0.05) is 0 Å². The maximum Gasteiger partial charge on any atom is 0.354 e. The number of carbonyl (C=O) groups is 2. The second kappa shape index (κ2) is 6.21. The lowest BCUT2D eigenvalue weighted by Crippen LogP contribution is -2.44. The van der Waals surface area contributed by atoms with Crippen LogP contribution in [0.3, 0.4) is 0 Å². The van der Waals surface area contributed by atoms with E-state index in [-0.39, 0.29) is 11.3 Å². The van der Waals surface area contributed by atoms with Gasteiger partial charge in [-0.2, -0.15) is 0 Å². The summed E-state index contributed by atoms with van der Waals surface area (Å²) in [6.07, 6.45) is 2.34. The largest absolute Gasteiger partial charge is 0.477 e. The first-order valence-corrected chi connectivity index (χ1v) is 8.16. The molecule has 0 saturated heterocycles. The molecule has 1 N–H and O–H groups in total. The van der Waals surface area contributed by atoms with Gasteiger partial charge >= 0.3 is 5.97 Å². The summed E-state index contributed by atoms with van der Waals surface area (Å²) < 4.78 is 23.1. The van der Waals surface area contributed by atoms with Crippen molar-refractivity contribution in [2.75, 3.05) is 13.3 Å². The highest BCUT2D eigenvalue weighted by atomic mass is 32.2. The summed E-state index contributed by atoms with van der Waals surface area (Å²) in [5.74, 6) is -1.69. The Kier molecular flexibility index (Phi) is 5.06. The molecular formula is C13H18N2O5S. The van der Waals surface area contributed by atoms with Crippen LogP contribution in [0.15, 0.2) is 18.3 Å². The van der Waals surface area contributed by atoms with E-state index >= 15 is 0 Å². The first-order valence-electron chi connectivity index (χ1n) is 6.21. The summed E-state index contributed by atoms with van der Waals surface area (Å²) in [6, 6.07) is 2.01. The van der Waals surface area contributed by atoms with E-state index in [2.05, 4.69) is 4.98 Å². The van der Waals surface area contributed by atoms with Gasteiger partial charge in [-0.05, 0) is 26.0 Å². The fourth-order valence-corrected chi connectivity index (χ4v) is 2.64. The van der Waals surface area contributed by atoms with Gasteiger partial charge in [0.15, 0.2) is 9.84 Å². The third-order valence-electron chi connectivity index (χ3n) is 3.51. The topological polar surface area (TPSA) is 105 Å². The summed E-state index contributed by atoms with van der Waals surface area (Å²) in [4.78, 5) is 28.1. The van der Waals surface area contributed by atoms with Gasteiger partial charge in [-0.25, -0.2) is 18.2 Å². The zero-order chi connectivity index (χ0) is 16.4. The number of rotatable bonds is 5. The molecule has 7 nitrogen and oxygen atoms in total. The second-order valence-electron chi connectivity index (χ2n) is 4.93. The molecule has 0 bridgehead atoms. The van der Waals surface area contributed by atoms with Crippen molar-refractivity contribution in [3.63, 3.8) is 0 Å². The smallest absolute Gasteiger partial charge is 0.354 e. The van der Waals surface area contributed by atoms with Crippen LogP contribution in [0.4, 0.5) is 0 Å². The number of aromatic carboxylic acids is 1. The van der Waals surface area contributed by atoms with Crippen LogP contribution in [-0.2, 0) is 9.84 Å². The quantitative estimate of drug-likeness (QED) is 0.856. The maximum atomic E-state index is 12.3. The van der Waals surface area contributed by atoms with Crippen molar-refractivity contribution < 1.29 is 23.1 Å². The van der Waals surface area contributed by atoms with Crippen molar-refractivity contribution in [3.05, 3.63) is 29.6 Å². The predicted octanol–water partition coefficient (Wildman–Crippen LogP) is 0.673.